The Kier molecular flexibility index (Phi) is 7.19. The maximum atomic E-state index is 12.8. The van der Waals surface area contributed by atoms with Crippen molar-refractivity contribution < 1.29 is 9.72 Å². The molecule has 1 amide bonds. The fourth-order valence-electron chi connectivity index (χ4n) is 3.62. The van der Waals surface area contributed by atoms with Crippen molar-refractivity contribution in [3.8, 4) is 0 Å². The first-order chi connectivity index (χ1) is 14.1. The molecule has 1 aliphatic rings. The van der Waals surface area contributed by atoms with Crippen LogP contribution in [-0.2, 0) is 11.3 Å². The quantitative estimate of drug-likeness (QED) is 0.492. The number of carbonyl (C=O) groups excluding carboxylic acids is 1. The van der Waals surface area contributed by atoms with Gasteiger partial charge in [-0.05, 0) is 43.0 Å². The summed E-state index contributed by atoms with van der Waals surface area (Å²) in [5, 5.41) is 17.2. The molecule has 0 saturated carbocycles. The lowest BCUT2D eigenvalue weighted by Crippen LogP contribution is -2.40. The van der Waals surface area contributed by atoms with E-state index in [1.54, 1.807) is 6.07 Å². The minimum Gasteiger partial charge on any atom is -0.371 e. The van der Waals surface area contributed by atoms with Gasteiger partial charge >= 0.3 is 0 Å². The minimum atomic E-state index is -0.410. The maximum absolute atomic E-state index is 12.8. The number of nitrogens with one attached hydrogen (secondary N) is 2. The van der Waals surface area contributed by atoms with Crippen LogP contribution < -0.4 is 15.5 Å². The first kappa shape index (κ1) is 20.8. The van der Waals surface area contributed by atoms with E-state index in [0.717, 1.165) is 36.4 Å². The Bertz CT molecular complexity index is 849. The fraction of sp³-hybridized carbons (Fsp3) is 0.409. The van der Waals surface area contributed by atoms with E-state index in [0.29, 0.717) is 13.0 Å². The summed E-state index contributed by atoms with van der Waals surface area (Å²) in [5.41, 5.74) is 2.76. The van der Waals surface area contributed by atoms with Crippen molar-refractivity contribution in [1.29, 1.82) is 0 Å². The van der Waals surface area contributed by atoms with Gasteiger partial charge < -0.3 is 15.5 Å². The molecule has 0 spiro atoms. The molecule has 2 aromatic rings. The zero-order valence-electron chi connectivity index (χ0n) is 16.8. The van der Waals surface area contributed by atoms with Crippen LogP contribution in [0.5, 0.6) is 0 Å². The van der Waals surface area contributed by atoms with Crippen molar-refractivity contribution >= 4 is 23.0 Å². The summed E-state index contributed by atoms with van der Waals surface area (Å²) < 4.78 is 0. The predicted molar refractivity (Wildman–Crippen MR) is 115 cm³/mol. The molecule has 29 heavy (non-hydrogen) atoms. The highest BCUT2D eigenvalue weighted by molar-refractivity contribution is 5.95. The van der Waals surface area contributed by atoms with Gasteiger partial charge in [0.25, 0.3) is 5.69 Å². The molecular formula is C22H28N4O3. The van der Waals surface area contributed by atoms with Gasteiger partial charge in [-0.1, -0.05) is 31.5 Å². The normalized spacial score (nSPS) is 14.6. The van der Waals surface area contributed by atoms with Gasteiger partial charge in [0.2, 0.25) is 5.91 Å². The highest BCUT2D eigenvalue weighted by atomic mass is 16.6. The molecule has 7 nitrogen and oxygen atoms in total. The molecular weight excluding hydrogens is 368 g/mol. The molecule has 1 unspecified atom stereocenters. The highest BCUT2D eigenvalue weighted by Gasteiger charge is 2.19. The average Bonchev–Trinajstić information content (AvgIpc) is 3.26. The molecule has 1 saturated heterocycles. The van der Waals surface area contributed by atoms with Crippen LogP contribution >= 0.6 is 0 Å². The summed E-state index contributed by atoms with van der Waals surface area (Å²) in [6.07, 6.45) is 3.95. The number of nitro groups is 1. The Morgan fingerprint density at radius 1 is 1.17 bits per heavy atom. The molecule has 0 aromatic heterocycles. The lowest BCUT2D eigenvalue weighted by atomic mass is 10.1. The van der Waals surface area contributed by atoms with Gasteiger partial charge in [0.15, 0.2) is 0 Å². The number of nitrogens with zero attached hydrogens (tertiary/aromatic N) is 2. The van der Waals surface area contributed by atoms with Crippen molar-refractivity contribution in [2.45, 2.75) is 45.2 Å². The van der Waals surface area contributed by atoms with E-state index in [1.165, 1.54) is 25.0 Å². The Morgan fingerprint density at radius 2 is 1.93 bits per heavy atom. The molecule has 0 radical (unpaired) electrons. The Labute approximate surface area is 171 Å². The third kappa shape index (κ3) is 5.77. The topological polar surface area (TPSA) is 87.5 Å². The van der Waals surface area contributed by atoms with Gasteiger partial charge in [0, 0.05) is 43.1 Å². The van der Waals surface area contributed by atoms with Crippen LogP contribution in [0.15, 0.2) is 48.5 Å². The number of non-ortho nitro benzene ring substituents is 1. The number of benzene rings is 2. The molecule has 1 aliphatic heterocycles. The zero-order chi connectivity index (χ0) is 20.6. The van der Waals surface area contributed by atoms with Gasteiger partial charge in [-0.2, -0.15) is 0 Å². The molecule has 1 heterocycles. The van der Waals surface area contributed by atoms with E-state index in [4.69, 9.17) is 0 Å². The number of amides is 1. The largest absolute Gasteiger partial charge is 0.371 e. The van der Waals surface area contributed by atoms with Gasteiger partial charge in [-0.25, -0.2) is 0 Å². The summed E-state index contributed by atoms with van der Waals surface area (Å²) in [7, 11) is 0. The van der Waals surface area contributed by atoms with E-state index in [1.807, 2.05) is 31.2 Å². The monoisotopic (exact) mass is 396 g/mol. The number of hydrogen-bond acceptors (Lipinski definition) is 5. The molecule has 0 aliphatic carbocycles. The molecule has 3 rings (SSSR count). The lowest BCUT2D eigenvalue weighted by molar-refractivity contribution is -0.384. The number of carbonyl (C=O) groups is 1. The highest BCUT2D eigenvalue weighted by Crippen LogP contribution is 2.23. The lowest BCUT2D eigenvalue weighted by Gasteiger charge is -2.20. The summed E-state index contributed by atoms with van der Waals surface area (Å²) in [6.45, 7) is 4.54. The van der Waals surface area contributed by atoms with E-state index in [9.17, 15) is 14.9 Å². The van der Waals surface area contributed by atoms with Gasteiger partial charge in [0.1, 0.15) is 0 Å². The SMILES string of the molecule is CCCC(NCc1cccc([N+](=O)[O-])c1)C(=O)Nc1cccc(N2CCCC2)c1. The van der Waals surface area contributed by atoms with E-state index in [-0.39, 0.29) is 17.6 Å². The van der Waals surface area contributed by atoms with Crippen LogP contribution in [-0.4, -0.2) is 30.0 Å². The molecule has 1 atom stereocenters. The van der Waals surface area contributed by atoms with Crippen LogP contribution in [0, 0.1) is 10.1 Å². The Morgan fingerprint density at radius 3 is 2.66 bits per heavy atom. The number of anilines is 2. The first-order valence-electron chi connectivity index (χ1n) is 10.2. The summed E-state index contributed by atoms with van der Waals surface area (Å²) in [4.78, 5) is 25.7. The summed E-state index contributed by atoms with van der Waals surface area (Å²) in [5.74, 6) is -0.0872. The van der Waals surface area contributed by atoms with Crippen LogP contribution in [0.1, 0.15) is 38.2 Å². The van der Waals surface area contributed by atoms with Crippen molar-refractivity contribution in [2.24, 2.45) is 0 Å². The second kappa shape index (κ2) is 10.0. The third-order valence-corrected chi connectivity index (χ3v) is 5.15. The second-order valence-corrected chi connectivity index (χ2v) is 7.38. The van der Waals surface area contributed by atoms with Gasteiger partial charge in [-0.15, -0.1) is 0 Å². The van der Waals surface area contributed by atoms with Crippen LogP contribution in [0.25, 0.3) is 0 Å². The van der Waals surface area contributed by atoms with Crippen molar-refractivity contribution in [3.63, 3.8) is 0 Å². The second-order valence-electron chi connectivity index (χ2n) is 7.38. The molecule has 154 valence electrons. The van der Waals surface area contributed by atoms with Crippen molar-refractivity contribution in [1.82, 2.24) is 5.32 Å². The van der Waals surface area contributed by atoms with Gasteiger partial charge in [0.05, 0.1) is 11.0 Å². The number of rotatable bonds is 9. The number of hydrogen-bond donors (Lipinski definition) is 2. The van der Waals surface area contributed by atoms with E-state index < -0.39 is 4.92 Å². The van der Waals surface area contributed by atoms with E-state index >= 15 is 0 Å². The van der Waals surface area contributed by atoms with E-state index in [2.05, 4.69) is 21.6 Å². The standard InChI is InChI=1S/C22H28N4O3/c1-2-7-21(23-16-17-8-5-11-20(14-17)26(28)29)22(27)24-18-9-6-10-19(15-18)25-12-3-4-13-25/h5-6,8-11,14-15,21,23H,2-4,7,12-13,16H2,1H3,(H,24,27). The molecule has 7 heteroatoms. The third-order valence-electron chi connectivity index (χ3n) is 5.15. The minimum absolute atomic E-state index is 0.0551. The van der Waals surface area contributed by atoms with Gasteiger partial charge in [-0.3, -0.25) is 14.9 Å². The first-order valence-corrected chi connectivity index (χ1v) is 10.2. The predicted octanol–water partition coefficient (Wildman–Crippen LogP) is 4.09. The maximum Gasteiger partial charge on any atom is 0.269 e. The average molecular weight is 396 g/mol. The van der Waals surface area contributed by atoms with Crippen LogP contribution in [0.4, 0.5) is 17.1 Å². The van der Waals surface area contributed by atoms with Crippen LogP contribution in [0.3, 0.4) is 0 Å². The van der Waals surface area contributed by atoms with Crippen molar-refractivity contribution in [3.05, 3.63) is 64.2 Å². The molecule has 2 aromatic carbocycles. The van der Waals surface area contributed by atoms with Crippen LogP contribution in [0.2, 0.25) is 0 Å². The zero-order valence-corrected chi connectivity index (χ0v) is 16.8. The Hall–Kier alpha value is -2.93. The number of nitro benzene ring substituents is 1. The molecule has 0 bridgehead atoms. The Balaban J connectivity index is 1.62. The fourth-order valence-corrected chi connectivity index (χ4v) is 3.62. The van der Waals surface area contributed by atoms with Crippen molar-refractivity contribution in [2.75, 3.05) is 23.3 Å². The summed E-state index contributed by atoms with van der Waals surface area (Å²) in [6, 6.07) is 14.1. The smallest absolute Gasteiger partial charge is 0.269 e. The molecule has 2 N–H and O–H groups in total. The summed E-state index contributed by atoms with van der Waals surface area (Å²) >= 11 is 0. The molecule has 1 fully saturated rings.